The van der Waals surface area contributed by atoms with Crippen LogP contribution in [0.15, 0.2) is 0 Å². The van der Waals surface area contributed by atoms with Crippen molar-refractivity contribution >= 4 is 5.78 Å². The Morgan fingerprint density at radius 1 is 1.45 bits per heavy atom. The Morgan fingerprint density at radius 2 is 2.09 bits per heavy atom. The first-order valence-corrected chi connectivity index (χ1v) is 4.33. The van der Waals surface area contributed by atoms with Crippen LogP contribution in [0.1, 0.15) is 39.5 Å². The summed E-state index contributed by atoms with van der Waals surface area (Å²) in [6, 6.07) is 0. The first-order valence-electron chi connectivity index (χ1n) is 4.33. The molecular formula is C9H18O2. The highest BCUT2D eigenvalue weighted by Crippen LogP contribution is 2.12. The van der Waals surface area contributed by atoms with Gasteiger partial charge in [0.25, 0.3) is 0 Å². The van der Waals surface area contributed by atoms with Gasteiger partial charge in [-0.05, 0) is 26.2 Å². The fourth-order valence-corrected chi connectivity index (χ4v) is 1.20. The quantitative estimate of drug-likeness (QED) is 0.598. The largest absolute Gasteiger partial charge is 0.396 e. The summed E-state index contributed by atoms with van der Waals surface area (Å²) in [6.07, 6.45) is 3.66. The van der Waals surface area contributed by atoms with Crippen LogP contribution in [0.3, 0.4) is 0 Å². The molecule has 0 fully saturated rings. The second-order valence-corrected chi connectivity index (χ2v) is 2.94. The van der Waals surface area contributed by atoms with Crippen LogP contribution in [0.25, 0.3) is 0 Å². The molecule has 0 rings (SSSR count). The van der Waals surface area contributed by atoms with Crippen molar-refractivity contribution in [2.24, 2.45) is 5.92 Å². The van der Waals surface area contributed by atoms with E-state index in [1.807, 2.05) is 6.92 Å². The van der Waals surface area contributed by atoms with Crippen LogP contribution in [0.4, 0.5) is 0 Å². The van der Waals surface area contributed by atoms with E-state index < -0.39 is 0 Å². The van der Waals surface area contributed by atoms with Crippen molar-refractivity contribution in [3.8, 4) is 0 Å². The number of carbonyl (C=O) groups is 1. The summed E-state index contributed by atoms with van der Waals surface area (Å²) in [5.74, 6) is 0.506. The average molecular weight is 158 g/mol. The molecule has 0 aromatic heterocycles. The number of hydrogen-bond donors (Lipinski definition) is 1. The number of hydrogen-bond acceptors (Lipinski definition) is 2. The van der Waals surface area contributed by atoms with Gasteiger partial charge in [0.1, 0.15) is 5.78 Å². The van der Waals surface area contributed by atoms with Gasteiger partial charge in [-0.3, -0.25) is 4.79 Å². The predicted molar refractivity (Wildman–Crippen MR) is 45.4 cm³/mol. The lowest BCUT2D eigenvalue weighted by atomic mass is 9.96. The summed E-state index contributed by atoms with van der Waals surface area (Å²) in [5, 5.41) is 8.51. The number of Topliss-reactive ketones (excluding diaryl/α,β-unsaturated/α-hetero) is 1. The van der Waals surface area contributed by atoms with Crippen LogP contribution in [0.2, 0.25) is 0 Å². The molecule has 0 amide bonds. The monoisotopic (exact) mass is 158 g/mol. The highest BCUT2D eigenvalue weighted by atomic mass is 16.2. The molecular weight excluding hydrogens is 140 g/mol. The highest BCUT2D eigenvalue weighted by Gasteiger charge is 2.09. The van der Waals surface area contributed by atoms with Crippen molar-refractivity contribution in [3.05, 3.63) is 0 Å². The van der Waals surface area contributed by atoms with E-state index in [1.165, 1.54) is 0 Å². The Hall–Kier alpha value is -0.370. The minimum absolute atomic E-state index is 0.224. The van der Waals surface area contributed by atoms with Gasteiger partial charge in [0.05, 0.1) is 0 Å². The molecule has 0 aliphatic carbocycles. The van der Waals surface area contributed by atoms with Gasteiger partial charge >= 0.3 is 0 Å². The normalized spacial score (nSPS) is 13.0. The van der Waals surface area contributed by atoms with E-state index in [-0.39, 0.29) is 18.3 Å². The van der Waals surface area contributed by atoms with Gasteiger partial charge in [-0.1, -0.05) is 13.3 Å². The maximum Gasteiger partial charge on any atom is 0.132 e. The summed E-state index contributed by atoms with van der Waals surface area (Å²) in [4.78, 5) is 10.9. The van der Waals surface area contributed by atoms with E-state index in [4.69, 9.17) is 5.11 Å². The van der Waals surface area contributed by atoms with E-state index in [9.17, 15) is 4.79 Å². The van der Waals surface area contributed by atoms with Crippen LogP contribution < -0.4 is 0 Å². The number of ketones is 1. The van der Waals surface area contributed by atoms with Crippen molar-refractivity contribution in [3.63, 3.8) is 0 Å². The molecule has 0 saturated heterocycles. The topological polar surface area (TPSA) is 37.3 Å². The Kier molecular flexibility index (Phi) is 6.13. The minimum Gasteiger partial charge on any atom is -0.396 e. The van der Waals surface area contributed by atoms with Gasteiger partial charge in [-0.25, -0.2) is 0 Å². The fraction of sp³-hybridized carbons (Fsp3) is 0.889. The van der Waals surface area contributed by atoms with Crippen LogP contribution in [-0.2, 0) is 4.79 Å². The average Bonchev–Trinajstić information content (AvgIpc) is 1.97. The lowest BCUT2D eigenvalue weighted by molar-refractivity contribution is -0.121. The lowest BCUT2D eigenvalue weighted by Crippen LogP contribution is -2.09. The third-order valence-corrected chi connectivity index (χ3v) is 2.03. The number of rotatable bonds is 6. The van der Waals surface area contributed by atoms with Crippen LogP contribution in [0.5, 0.6) is 0 Å². The van der Waals surface area contributed by atoms with Crippen LogP contribution >= 0.6 is 0 Å². The van der Waals surface area contributed by atoms with Gasteiger partial charge < -0.3 is 5.11 Å². The molecule has 0 bridgehead atoms. The Morgan fingerprint density at radius 3 is 2.45 bits per heavy atom. The zero-order chi connectivity index (χ0) is 8.69. The second kappa shape index (κ2) is 6.35. The smallest absolute Gasteiger partial charge is 0.132 e. The standard InChI is InChI=1S/C9H18O2/c1-3-9(8(2)11)6-4-5-7-10/h9-10H,3-7H2,1-2H3. The zero-order valence-electron chi connectivity index (χ0n) is 7.47. The molecule has 0 heterocycles. The molecule has 1 atom stereocenters. The van der Waals surface area contributed by atoms with E-state index in [0.717, 1.165) is 25.7 Å². The third-order valence-electron chi connectivity index (χ3n) is 2.03. The van der Waals surface area contributed by atoms with Crippen molar-refractivity contribution in [2.75, 3.05) is 6.61 Å². The summed E-state index contributed by atoms with van der Waals surface area (Å²) in [6.45, 7) is 3.92. The van der Waals surface area contributed by atoms with Crippen molar-refractivity contribution in [1.82, 2.24) is 0 Å². The van der Waals surface area contributed by atoms with E-state index in [0.29, 0.717) is 0 Å². The van der Waals surface area contributed by atoms with Gasteiger partial charge in [0, 0.05) is 12.5 Å². The summed E-state index contributed by atoms with van der Waals surface area (Å²) in [7, 11) is 0. The van der Waals surface area contributed by atoms with Gasteiger partial charge in [0.2, 0.25) is 0 Å². The van der Waals surface area contributed by atoms with Crippen molar-refractivity contribution in [1.29, 1.82) is 0 Å². The maximum atomic E-state index is 10.9. The van der Waals surface area contributed by atoms with Crippen molar-refractivity contribution in [2.45, 2.75) is 39.5 Å². The number of aliphatic hydroxyl groups is 1. The molecule has 1 unspecified atom stereocenters. The summed E-state index contributed by atoms with van der Waals surface area (Å²) in [5.41, 5.74) is 0. The molecule has 11 heavy (non-hydrogen) atoms. The van der Waals surface area contributed by atoms with E-state index in [1.54, 1.807) is 6.92 Å². The number of carbonyl (C=O) groups excluding carboxylic acids is 1. The van der Waals surface area contributed by atoms with Gasteiger partial charge in [-0.2, -0.15) is 0 Å². The number of aliphatic hydroxyl groups excluding tert-OH is 1. The zero-order valence-corrected chi connectivity index (χ0v) is 7.47. The SMILES string of the molecule is CCC(CCCCO)C(C)=O. The van der Waals surface area contributed by atoms with Crippen LogP contribution in [0, 0.1) is 5.92 Å². The molecule has 66 valence electrons. The third kappa shape index (κ3) is 4.96. The minimum atomic E-state index is 0.224. The van der Waals surface area contributed by atoms with E-state index in [2.05, 4.69) is 0 Å². The Bertz CT molecular complexity index is 110. The van der Waals surface area contributed by atoms with Gasteiger partial charge in [-0.15, -0.1) is 0 Å². The van der Waals surface area contributed by atoms with Crippen molar-refractivity contribution < 1.29 is 9.90 Å². The summed E-state index contributed by atoms with van der Waals surface area (Å²) >= 11 is 0. The fourth-order valence-electron chi connectivity index (χ4n) is 1.20. The Balaban J connectivity index is 3.44. The summed E-state index contributed by atoms with van der Waals surface area (Å²) < 4.78 is 0. The molecule has 0 radical (unpaired) electrons. The molecule has 0 aromatic rings. The molecule has 0 aromatic carbocycles. The van der Waals surface area contributed by atoms with Gasteiger partial charge in [0.15, 0.2) is 0 Å². The second-order valence-electron chi connectivity index (χ2n) is 2.94. The first kappa shape index (κ1) is 10.6. The molecule has 0 aliphatic heterocycles. The molecule has 2 heteroatoms. The molecule has 2 nitrogen and oxygen atoms in total. The van der Waals surface area contributed by atoms with E-state index >= 15 is 0 Å². The molecule has 1 N–H and O–H groups in total. The predicted octanol–water partition coefficient (Wildman–Crippen LogP) is 1.76. The number of unbranched alkanes of at least 4 members (excludes halogenated alkanes) is 1. The lowest BCUT2D eigenvalue weighted by Gasteiger charge is -2.09. The first-order chi connectivity index (χ1) is 5.22. The Labute approximate surface area is 68.6 Å². The molecule has 0 aliphatic rings. The molecule has 0 saturated carbocycles. The maximum absolute atomic E-state index is 10.9. The van der Waals surface area contributed by atoms with Crippen LogP contribution in [-0.4, -0.2) is 17.5 Å². The molecule has 0 spiro atoms. The highest BCUT2D eigenvalue weighted by molar-refractivity contribution is 5.78.